The van der Waals surface area contributed by atoms with Gasteiger partial charge in [0.2, 0.25) is 0 Å². The van der Waals surface area contributed by atoms with Gasteiger partial charge in [0, 0.05) is 36.8 Å². The summed E-state index contributed by atoms with van der Waals surface area (Å²) in [7, 11) is 0. The van der Waals surface area contributed by atoms with E-state index in [0.29, 0.717) is 41.3 Å². The molecule has 1 aliphatic rings. The second-order valence-electron chi connectivity index (χ2n) is 6.89. The first-order valence-electron chi connectivity index (χ1n) is 8.98. The summed E-state index contributed by atoms with van der Waals surface area (Å²) in [5.74, 6) is 0.00651. The molecule has 10 heteroatoms. The van der Waals surface area contributed by atoms with Crippen molar-refractivity contribution in [3.8, 4) is 0 Å². The van der Waals surface area contributed by atoms with E-state index in [-0.39, 0.29) is 23.4 Å². The molecular weight excluding hydrogens is 382 g/mol. The fourth-order valence-electron chi connectivity index (χ4n) is 3.25. The second-order valence-corrected chi connectivity index (χ2v) is 7.65. The topological polar surface area (TPSA) is 118 Å². The normalized spacial score (nSPS) is 14.7. The minimum Gasteiger partial charge on any atom is -0.352 e. The number of amides is 2. The highest BCUT2D eigenvalue weighted by Gasteiger charge is 2.26. The van der Waals surface area contributed by atoms with Gasteiger partial charge in [0.1, 0.15) is 4.88 Å². The van der Waals surface area contributed by atoms with Crippen LogP contribution in [0, 0.1) is 29.9 Å². The lowest BCUT2D eigenvalue weighted by molar-refractivity contribution is -0.385. The van der Waals surface area contributed by atoms with Crippen molar-refractivity contribution in [1.82, 2.24) is 19.8 Å². The largest absolute Gasteiger partial charge is 0.352 e. The number of hydrogen-bond acceptors (Lipinski definition) is 7. The number of likely N-dealkylation sites (tertiary alicyclic amines) is 1. The first kappa shape index (κ1) is 19.9. The second kappa shape index (κ2) is 8.42. The summed E-state index contributed by atoms with van der Waals surface area (Å²) in [6, 6.07) is 4.35. The number of aryl methyl sites for hydroxylation is 2. The number of piperidine rings is 1. The van der Waals surface area contributed by atoms with E-state index >= 15 is 0 Å². The van der Waals surface area contributed by atoms with Crippen molar-refractivity contribution in [3.05, 3.63) is 50.0 Å². The van der Waals surface area contributed by atoms with Crippen molar-refractivity contribution in [2.24, 2.45) is 5.92 Å². The van der Waals surface area contributed by atoms with Crippen molar-refractivity contribution in [3.63, 3.8) is 0 Å². The maximum absolute atomic E-state index is 12.5. The van der Waals surface area contributed by atoms with Crippen LogP contribution in [0.15, 0.2) is 18.2 Å². The Labute approximate surface area is 166 Å². The molecule has 0 aliphatic carbocycles. The van der Waals surface area contributed by atoms with E-state index in [9.17, 15) is 19.7 Å². The molecule has 1 N–H and O–H groups in total. The van der Waals surface area contributed by atoms with Gasteiger partial charge in [0.05, 0.1) is 10.6 Å². The fraction of sp³-hybridized carbons (Fsp3) is 0.444. The quantitative estimate of drug-likeness (QED) is 0.605. The molecule has 9 nitrogen and oxygen atoms in total. The third-order valence-corrected chi connectivity index (χ3v) is 5.77. The summed E-state index contributed by atoms with van der Waals surface area (Å²) in [6.45, 7) is 5.17. The summed E-state index contributed by atoms with van der Waals surface area (Å²) in [6.07, 6.45) is 1.60. The SMILES string of the molecule is Cc1cc(C(=O)NCC2CCN(C(=O)c3snnc3C)CC2)ccc1[N+](=O)[O-]. The van der Waals surface area contributed by atoms with Crippen LogP contribution in [-0.4, -0.2) is 50.9 Å². The fourth-order valence-corrected chi connectivity index (χ4v) is 3.88. The summed E-state index contributed by atoms with van der Waals surface area (Å²) in [5.41, 5.74) is 1.52. The highest BCUT2D eigenvalue weighted by atomic mass is 32.1. The van der Waals surface area contributed by atoms with Crippen LogP contribution in [0.3, 0.4) is 0 Å². The van der Waals surface area contributed by atoms with Gasteiger partial charge < -0.3 is 10.2 Å². The number of carbonyl (C=O) groups is 2. The Morgan fingerprint density at radius 1 is 1.32 bits per heavy atom. The molecule has 148 valence electrons. The Bertz CT molecular complexity index is 905. The number of rotatable bonds is 5. The van der Waals surface area contributed by atoms with Crippen molar-refractivity contribution >= 4 is 29.0 Å². The van der Waals surface area contributed by atoms with Gasteiger partial charge in [-0.25, -0.2) is 0 Å². The lowest BCUT2D eigenvalue weighted by atomic mass is 9.96. The lowest BCUT2D eigenvalue weighted by Gasteiger charge is -2.31. The minimum atomic E-state index is -0.462. The average molecular weight is 403 g/mol. The van der Waals surface area contributed by atoms with Crippen LogP contribution in [0.5, 0.6) is 0 Å². The Kier molecular flexibility index (Phi) is 5.98. The van der Waals surface area contributed by atoms with Gasteiger partial charge in [0.25, 0.3) is 17.5 Å². The molecule has 0 saturated carbocycles. The molecule has 2 amide bonds. The van der Waals surface area contributed by atoms with Crippen molar-refractivity contribution in [1.29, 1.82) is 0 Å². The van der Waals surface area contributed by atoms with Crippen molar-refractivity contribution in [2.45, 2.75) is 26.7 Å². The maximum atomic E-state index is 12.5. The monoisotopic (exact) mass is 403 g/mol. The zero-order valence-electron chi connectivity index (χ0n) is 15.7. The zero-order chi connectivity index (χ0) is 20.3. The number of aromatic nitrogens is 2. The van der Waals surface area contributed by atoms with Crippen LogP contribution in [0.2, 0.25) is 0 Å². The Balaban J connectivity index is 1.49. The van der Waals surface area contributed by atoms with E-state index in [0.717, 1.165) is 24.4 Å². The smallest absolute Gasteiger partial charge is 0.272 e. The molecule has 2 aromatic rings. The first-order chi connectivity index (χ1) is 13.4. The van der Waals surface area contributed by atoms with E-state index in [1.54, 1.807) is 18.7 Å². The number of nitro groups is 1. The molecule has 0 bridgehead atoms. The lowest BCUT2D eigenvalue weighted by Crippen LogP contribution is -2.41. The molecule has 0 radical (unpaired) electrons. The van der Waals surface area contributed by atoms with Crippen LogP contribution in [0.25, 0.3) is 0 Å². The Morgan fingerprint density at radius 2 is 2.04 bits per heavy atom. The molecule has 1 aliphatic heterocycles. The average Bonchev–Trinajstić information content (AvgIpc) is 3.11. The molecule has 1 aromatic carbocycles. The van der Waals surface area contributed by atoms with Gasteiger partial charge in [-0.05, 0) is 56.3 Å². The Hall–Kier alpha value is -2.88. The molecule has 0 unspecified atom stereocenters. The molecule has 3 rings (SSSR count). The van der Waals surface area contributed by atoms with Gasteiger partial charge in [-0.3, -0.25) is 19.7 Å². The molecule has 0 atom stereocenters. The number of hydrogen-bond donors (Lipinski definition) is 1. The zero-order valence-corrected chi connectivity index (χ0v) is 16.5. The summed E-state index contributed by atoms with van der Waals surface area (Å²) >= 11 is 1.12. The number of nitrogens with zero attached hydrogens (tertiary/aromatic N) is 4. The minimum absolute atomic E-state index is 0.0000310. The summed E-state index contributed by atoms with van der Waals surface area (Å²) in [5, 5.41) is 17.7. The van der Waals surface area contributed by atoms with E-state index in [1.165, 1.54) is 18.2 Å². The third kappa shape index (κ3) is 4.33. The molecular formula is C18H21N5O4S. The molecule has 28 heavy (non-hydrogen) atoms. The summed E-state index contributed by atoms with van der Waals surface area (Å²) in [4.78, 5) is 37.6. The van der Waals surface area contributed by atoms with Crippen LogP contribution < -0.4 is 5.32 Å². The highest BCUT2D eigenvalue weighted by Crippen LogP contribution is 2.21. The van der Waals surface area contributed by atoms with Crippen LogP contribution in [0.4, 0.5) is 5.69 Å². The van der Waals surface area contributed by atoms with Crippen LogP contribution >= 0.6 is 11.5 Å². The standard InChI is InChI=1S/C18H21N5O4S/c1-11-9-14(3-4-15(11)23(26)27)17(24)19-10-13-5-7-22(8-6-13)18(25)16-12(2)20-21-28-16/h3-4,9,13H,5-8,10H2,1-2H3,(H,19,24). The van der Waals surface area contributed by atoms with Gasteiger partial charge in [0.15, 0.2) is 0 Å². The molecule has 0 spiro atoms. The van der Waals surface area contributed by atoms with Crippen molar-refractivity contribution < 1.29 is 14.5 Å². The third-order valence-electron chi connectivity index (χ3n) is 4.95. The summed E-state index contributed by atoms with van der Waals surface area (Å²) < 4.78 is 3.81. The van der Waals surface area contributed by atoms with Crippen LogP contribution in [-0.2, 0) is 0 Å². The van der Waals surface area contributed by atoms with Gasteiger partial charge in [-0.2, -0.15) is 0 Å². The molecule has 1 aromatic heterocycles. The number of nitro benzene ring substituents is 1. The molecule has 2 heterocycles. The predicted molar refractivity (Wildman–Crippen MR) is 103 cm³/mol. The number of benzene rings is 1. The van der Waals surface area contributed by atoms with E-state index in [2.05, 4.69) is 14.9 Å². The van der Waals surface area contributed by atoms with Crippen LogP contribution in [0.1, 0.15) is 44.1 Å². The van der Waals surface area contributed by atoms with E-state index in [4.69, 9.17) is 0 Å². The van der Waals surface area contributed by atoms with E-state index < -0.39 is 4.92 Å². The molecule has 1 fully saturated rings. The first-order valence-corrected chi connectivity index (χ1v) is 9.75. The van der Waals surface area contributed by atoms with Crippen molar-refractivity contribution in [2.75, 3.05) is 19.6 Å². The number of carbonyl (C=O) groups excluding carboxylic acids is 2. The molecule has 1 saturated heterocycles. The van der Waals surface area contributed by atoms with Gasteiger partial charge in [-0.15, -0.1) is 5.10 Å². The van der Waals surface area contributed by atoms with Gasteiger partial charge in [-0.1, -0.05) is 4.49 Å². The maximum Gasteiger partial charge on any atom is 0.272 e. The highest BCUT2D eigenvalue weighted by molar-refractivity contribution is 7.07. The Morgan fingerprint density at radius 3 is 2.61 bits per heavy atom. The van der Waals surface area contributed by atoms with E-state index in [1.807, 2.05) is 0 Å². The van der Waals surface area contributed by atoms with Gasteiger partial charge >= 0.3 is 0 Å². The number of nitrogens with one attached hydrogen (secondary N) is 1. The predicted octanol–water partition coefficient (Wildman–Crippen LogP) is 2.35.